The van der Waals surface area contributed by atoms with E-state index in [2.05, 4.69) is 53.4 Å². The third-order valence-corrected chi connectivity index (χ3v) is 4.20. The Morgan fingerprint density at radius 3 is 2.53 bits per heavy atom. The maximum absolute atomic E-state index is 4.54. The molecule has 0 aliphatic carbocycles. The Kier molecular flexibility index (Phi) is 4.43. The molecule has 0 radical (unpaired) electrons. The van der Waals surface area contributed by atoms with E-state index in [9.17, 15) is 0 Å². The molecular weight excluding hydrogens is 254 g/mol. The van der Waals surface area contributed by atoms with Crippen LogP contribution in [-0.2, 0) is 5.75 Å². The Labute approximate surface area is 118 Å². The van der Waals surface area contributed by atoms with Crippen molar-refractivity contribution in [3.63, 3.8) is 0 Å². The largest absolute Gasteiger partial charge is 0.373 e. The van der Waals surface area contributed by atoms with Crippen molar-refractivity contribution in [1.82, 2.24) is 9.97 Å². The summed E-state index contributed by atoms with van der Waals surface area (Å²) in [6.07, 6.45) is 0. The van der Waals surface area contributed by atoms with Gasteiger partial charge in [-0.25, -0.2) is 9.97 Å². The summed E-state index contributed by atoms with van der Waals surface area (Å²) in [4.78, 5) is 8.93. The Morgan fingerprint density at radius 1 is 1.11 bits per heavy atom. The van der Waals surface area contributed by atoms with Gasteiger partial charge in [-0.15, -0.1) is 11.8 Å². The molecule has 1 aromatic carbocycles. The molecule has 0 aliphatic heterocycles. The second-order valence-electron chi connectivity index (χ2n) is 4.51. The molecule has 0 bridgehead atoms. The van der Waals surface area contributed by atoms with Gasteiger partial charge in [-0.1, -0.05) is 24.3 Å². The fourth-order valence-corrected chi connectivity index (χ4v) is 3.03. The zero-order valence-electron chi connectivity index (χ0n) is 11.8. The van der Waals surface area contributed by atoms with Crippen molar-refractivity contribution in [2.75, 3.05) is 12.4 Å². The smallest absolute Gasteiger partial charge is 0.133 e. The van der Waals surface area contributed by atoms with Gasteiger partial charge in [0.1, 0.15) is 16.7 Å². The lowest BCUT2D eigenvalue weighted by Crippen LogP contribution is -2.02. The topological polar surface area (TPSA) is 37.8 Å². The summed E-state index contributed by atoms with van der Waals surface area (Å²) in [5.74, 6) is 2.66. The van der Waals surface area contributed by atoms with Gasteiger partial charge in [0.15, 0.2) is 0 Å². The van der Waals surface area contributed by atoms with Crippen LogP contribution in [0.2, 0.25) is 0 Å². The second kappa shape index (κ2) is 6.06. The Bertz CT molecular complexity index is 582. The number of hydrogen-bond acceptors (Lipinski definition) is 4. The summed E-state index contributed by atoms with van der Waals surface area (Å²) in [7, 11) is 1.89. The fraction of sp³-hybridized carbons (Fsp3) is 0.333. The molecule has 4 heteroatoms. The zero-order chi connectivity index (χ0) is 13.8. The van der Waals surface area contributed by atoms with E-state index in [4.69, 9.17) is 0 Å². The maximum Gasteiger partial charge on any atom is 0.133 e. The Morgan fingerprint density at radius 2 is 1.84 bits per heavy atom. The summed E-state index contributed by atoms with van der Waals surface area (Å²) < 4.78 is 0. The lowest BCUT2D eigenvalue weighted by Gasteiger charge is -2.11. The fourth-order valence-electron chi connectivity index (χ4n) is 1.90. The molecule has 0 aliphatic rings. The number of anilines is 1. The Balaban J connectivity index is 2.20. The number of nitrogens with zero attached hydrogens (tertiary/aromatic N) is 2. The van der Waals surface area contributed by atoms with Crippen LogP contribution >= 0.6 is 11.8 Å². The van der Waals surface area contributed by atoms with Crippen molar-refractivity contribution in [1.29, 1.82) is 0 Å². The van der Waals surface area contributed by atoms with Gasteiger partial charge in [-0.3, -0.25) is 0 Å². The minimum Gasteiger partial charge on any atom is -0.373 e. The number of thioether (sulfide) groups is 1. The van der Waals surface area contributed by atoms with E-state index in [1.54, 1.807) is 11.8 Å². The van der Waals surface area contributed by atoms with Crippen LogP contribution in [0, 0.1) is 20.8 Å². The number of aryl methyl sites for hydroxylation is 2. The molecule has 0 saturated heterocycles. The van der Waals surface area contributed by atoms with Crippen molar-refractivity contribution in [2.24, 2.45) is 0 Å². The summed E-state index contributed by atoms with van der Waals surface area (Å²) in [5.41, 5.74) is 3.80. The number of aromatic nitrogens is 2. The van der Waals surface area contributed by atoms with E-state index in [1.807, 2.05) is 14.0 Å². The van der Waals surface area contributed by atoms with Crippen LogP contribution in [-0.4, -0.2) is 17.0 Å². The first kappa shape index (κ1) is 13.9. The van der Waals surface area contributed by atoms with Gasteiger partial charge in [-0.2, -0.15) is 0 Å². The molecule has 1 aromatic heterocycles. The van der Waals surface area contributed by atoms with E-state index in [-0.39, 0.29) is 0 Å². The third-order valence-electron chi connectivity index (χ3n) is 3.08. The SMILES string of the molecule is CNc1nc(C)nc(SCc2ccccc2C)c1C. The van der Waals surface area contributed by atoms with Crippen molar-refractivity contribution in [3.8, 4) is 0 Å². The van der Waals surface area contributed by atoms with Crippen molar-refractivity contribution < 1.29 is 0 Å². The molecule has 19 heavy (non-hydrogen) atoms. The number of benzene rings is 1. The van der Waals surface area contributed by atoms with E-state index >= 15 is 0 Å². The number of rotatable bonds is 4. The molecule has 0 saturated carbocycles. The van der Waals surface area contributed by atoms with E-state index in [0.717, 1.165) is 28.0 Å². The standard InChI is InChI=1S/C15H19N3S/c1-10-7-5-6-8-13(10)9-19-15-11(2)14(16-4)17-12(3)18-15/h5-8H,9H2,1-4H3,(H,16,17,18). The van der Waals surface area contributed by atoms with Crippen molar-refractivity contribution in [2.45, 2.75) is 31.6 Å². The molecule has 0 atom stereocenters. The molecule has 0 spiro atoms. The number of nitrogens with one attached hydrogen (secondary N) is 1. The third kappa shape index (κ3) is 3.26. The van der Waals surface area contributed by atoms with Gasteiger partial charge in [0.2, 0.25) is 0 Å². The normalized spacial score (nSPS) is 10.5. The second-order valence-corrected chi connectivity index (χ2v) is 5.48. The van der Waals surface area contributed by atoms with E-state index in [0.29, 0.717) is 0 Å². The van der Waals surface area contributed by atoms with Crippen molar-refractivity contribution in [3.05, 3.63) is 46.8 Å². The summed E-state index contributed by atoms with van der Waals surface area (Å²) in [5, 5.41) is 4.18. The van der Waals surface area contributed by atoms with Crippen LogP contribution in [0.1, 0.15) is 22.5 Å². The molecule has 3 nitrogen and oxygen atoms in total. The molecule has 1 heterocycles. The number of hydrogen-bond donors (Lipinski definition) is 1. The summed E-state index contributed by atoms with van der Waals surface area (Å²) in [6, 6.07) is 8.47. The quantitative estimate of drug-likeness (QED) is 0.680. The van der Waals surface area contributed by atoms with Gasteiger partial charge in [0.05, 0.1) is 0 Å². The predicted octanol–water partition coefficient (Wildman–Crippen LogP) is 3.74. The maximum atomic E-state index is 4.54. The van der Waals surface area contributed by atoms with Crippen LogP contribution in [0.15, 0.2) is 29.3 Å². The predicted molar refractivity (Wildman–Crippen MR) is 81.8 cm³/mol. The van der Waals surface area contributed by atoms with Gasteiger partial charge in [0, 0.05) is 18.4 Å². The molecule has 2 rings (SSSR count). The van der Waals surface area contributed by atoms with Gasteiger partial charge in [0.25, 0.3) is 0 Å². The molecule has 1 N–H and O–H groups in total. The van der Waals surface area contributed by atoms with Gasteiger partial charge in [-0.05, 0) is 31.9 Å². The van der Waals surface area contributed by atoms with Crippen LogP contribution in [0.4, 0.5) is 5.82 Å². The molecule has 2 aromatic rings. The molecule has 0 fully saturated rings. The molecule has 0 amide bonds. The van der Waals surface area contributed by atoms with E-state index < -0.39 is 0 Å². The molecule has 100 valence electrons. The molecule has 0 unspecified atom stereocenters. The zero-order valence-corrected chi connectivity index (χ0v) is 12.6. The highest BCUT2D eigenvalue weighted by Gasteiger charge is 2.09. The highest BCUT2D eigenvalue weighted by Crippen LogP contribution is 2.28. The monoisotopic (exact) mass is 273 g/mol. The average Bonchev–Trinajstić information content (AvgIpc) is 2.41. The lowest BCUT2D eigenvalue weighted by atomic mass is 10.1. The summed E-state index contributed by atoms with van der Waals surface area (Å²) in [6.45, 7) is 6.14. The van der Waals surface area contributed by atoms with Crippen LogP contribution in [0.5, 0.6) is 0 Å². The first-order chi connectivity index (χ1) is 9.11. The van der Waals surface area contributed by atoms with Gasteiger partial charge >= 0.3 is 0 Å². The molecular formula is C15H19N3S. The van der Waals surface area contributed by atoms with Crippen LogP contribution in [0.3, 0.4) is 0 Å². The van der Waals surface area contributed by atoms with Crippen molar-refractivity contribution >= 4 is 17.6 Å². The highest BCUT2D eigenvalue weighted by atomic mass is 32.2. The highest BCUT2D eigenvalue weighted by molar-refractivity contribution is 7.98. The van der Waals surface area contributed by atoms with E-state index in [1.165, 1.54) is 11.1 Å². The first-order valence-electron chi connectivity index (χ1n) is 6.32. The Hall–Kier alpha value is -1.55. The van der Waals surface area contributed by atoms with Gasteiger partial charge < -0.3 is 5.32 Å². The minimum atomic E-state index is 0.808. The minimum absolute atomic E-state index is 0.808. The first-order valence-corrected chi connectivity index (χ1v) is 7.30. The van der Waals surface area contributed by atoms with Crippen LogP contribution in [0.25, 0.3) is 0 Å². The summed E-state index contributed by atoms with van der Waals surface area (Å²) >= 11 is 1.77. The lowest BCUT2D eigenvalue weighted by molar-refractivity contribution is 0.940. The van der Waals surface area contributed by atoms with Crippen LogP contribution < -0.4 is 5.32 Å². The average molecular weight is 273 g/mol.